The van der Waals surface area contributed by atoms with E-state index in [0.717, 1.165) is 25.7 Å². The van der Waals surface area contributed by atoms with E-state index < -0.39 is 17.4 Å². The molecule has 0 rings (SSSR count). The van der Waals surface area contributed by atoms with Crippen LogP contribution in [0.4, 0.5) is 0 Å². The minimum absolute atomic E-state index is 0.168. The number of carboxylic acid groups (broad SMARTS) is 2. The van der Waals surface area contributed by atoms with E-state index in [1.54, 1.807) is 0 Å². The van der Waals surface area contributed by atoms with Crippen LogP contribution in [0.25, 0.3) is 0 Å². The molecule has 0 radical (unpaired) electrons. The summed E-state index contributed by atoms with van der Waals surface area (Å²) in [5.74, 6) is -1.48. The van der Waals surface area contributed by atoms with E-state index in [4.69, 9.17) is 5.11 Å². The lowest BCUT2D eigenvalue weighted by Crippen LogP contribution is -2.46. The second-order valence-corrected chi connectivity index (χ2v) is 5.68. The topological polar surface area (TPSA) is 74.6 Å². The van der Waals surface area contributed by atoms with Crippen LogP contribution in [-0.4, -0.2) is 22.2 Å². The molecule has 0 aromatic heterocycles. The Kier molecular flexibility index (Phi) is 7.84. The standard InChI is InChI=1S/C16H30O4/c1-5-15(6-2,12-10-9-11-13(17)18)16(7-3,8-4)14(19)20/h5-12H2,1-4H3,(H,17,18)(H,19,20). The van der Waals surface area contributed by atoms with Gasteiger partial charge in [-0.05, 0) is 43.9 Å². The van der Waals surface area contributed by atoms with Crippen molar-refractivity contribution in [2.24, 2.45) is 10.8 Å². The van der Waals surface area contributed by atoms with Gasteiger partial charge in [-0.3, -0.25) is 9.59 Å². The first-order valence-electron chi connectivity index (χ1n) is 7.81. The fraction of sp³-hybridized carbons (Fsp3) is 0.875. The largest absolute Gasteiger partial charge is 0.481 e. The summed E-state index contributed by atoms with van der Waals surface area (Å²) in [5, 5.41) is 18.5. The highest BCUT2D eigenvalue weighted by atomic mass is 16.4. The van der Waals surface area contributed by atoms with Crippen LogP contribution < -0.4 is 0 Å². The normalized spacial score (nSPS) is 12.4. The molecule has 0 aromatic rings. The zero-order valence-corrected chi connectivity index (χ0v) is 13.4. The molecule has 0 saturated carbocycles. The van der Waals surface area contributed by atoms with Crippen LogP contribution in [0.2, 0.25) is 0 Å². The monoisotopic (exact) mass is 286 g/mol. The van der Waals surface area contributed by atoms with Crippen molar-refractivity contribution < 1.29 is 19.8 Å². The van der Waals surface area contributed by atoms with Crippen molar-refractivity contribution in [3.8, 4) is 0 Å². The highest BCUT2D eigenvalue weighted by Crippen LogP contribution is 2.53. The lowest BCUT2D eigenvalue weighted by molar-refractivity contribution is -0.162. The molecule has 0 spiro atoms. The first-order valence-corrected chi connectivity index (χ1v) is 7.81. The first kappa shape index (κ1) is 18.9. The highest BCUT2D eigenvalue weighted by molar-refractivity contribution is 5.75. The third kappa shape index (κ3) is 3.74. The Morgan fingerprint density at radius 1 is 0.850 bits per heavy atom. The van der Waals surface area contributed by atoms with Crippen molar-refractivity contribution in [2.75, 3.05) is 0 Å². The molecule has 0 atom stereocenters. The number of unbranched alkanes of at least 4 members (excludes halogenated alkanes) is 1. The van der Waals surface area contributed by atoms with Crippen LogP contribution in [0.3, 0.4) is 0 Å². The van der Waals surface area contributed by atoms with Crippen LogP contribution in [0.5, 0.6) is 0 Å². The van der Waals surface area contributed by atoms with Gasteiger partial charge in [0.1, 0.15) is 0 Å². The van der Waals surface area contributed by atoms with Crippen LogP contribution in [0.1, 0.15) is 79.1 Å². The Labute approximate surface area is 122 Å². The maximum absolute atomic E-state index is 11.9. The molecule has 0 fully saturated rings. The molecule has 0 saturated heterocycles. The lowest BCUT2D eigenvalue weighted by atomic mass is 9.55. The molecule has 0 aliphatic carbocycles. The van der Waals surface area contributed by atoms with Crippen molar-refractivity contribution in [1.29, 1.82) is 0 Å². The summed E-state index contributed by atoms with van der Waals surface area (Å²) in [4.78, 5) is 22.5. The van der Waals surface area contributed by atoms with Crippen LogP contribution >= 0.6 is 0 Å². The number of rotatable bonds is 11. The van der Waals surface area contributed by atoms with Crippen molar-refractivity contribution in [1.82, 2.24) is 0 Å². The van der Waals surface area contributed by atoms with Gasteiger partial charge in [-0.25, -0.2) is 0 Å². The first-order chi connectivity index (χ1) is 9.35. The highest BCUT2D eigenvalue weighted by Gasteiger charge is 2.51. The van der Waals surface area contributed by atoms with Gasteiger partial charge in [0.15, 0.2) is 0 Å². The number of hydrogen-bond acceptors (Lipinski definition) is 2. The molecule has 0 amide bonds. The van der Waals surface area contributed by atoms with Crippen LogP contribution in [0, 0.1) is 10.8 Å². The lowest BCUT2D eigenvalue weighted by Gasteiger charge is -2.47. The molecule has 4 nitrogen and oxygen atoms in total. The Hall–Kier alpha value is -1.06. The van der Waals surface area contributed by atoms with E-state index in [9.17, 15) is 14.7 Å². The van der Waals surface area contributed by atoms with Gasteiger partial charge in [0.25, 0.3) is 0 Å². The van der Waals surface area contributed by atoms with E-state index in [-0.39, 0.29) is 11.8 Å². The number of aliphatic carboxylic acids is 2. The average Bonchev–Trinajstić information content (AvgIpc) is 2.42. The molecule has 20 heavy (non-hydrogen) atoms. The zero-order valence-electron chi connectivity index (χ0n) is 13.4. The predicted molar refractivity (Wildman–Crippen MR) is 79.8 cm³/mol. The molecule has 0 bridgehead atoms. The van der Waals surface area contributed by atoms with Gasteiger partial charge >= 0.3 is 11.9 Å². The molecule has 0 aliphatic rings. The fourth-order valence-electron chi connectivity index (χ4n) is 3.79. The minimum Gasteiger partial charge on any atom is -0.481 e. The summed E-state index contributed by atoms with van der Waals surface area (Å²) in [7, 11) is 0. The van der Waals surface area contributed by atoms with Crippen LogP contribution in [0.15, 0.2) is 0 Å². The second kappa shape index (κ2) is 8.28. The van der Waals surface area contributed by atoms with E-state index in [1.165, 1.54) is 0 Å². The molecule has 2 N–H and O–H groups in total. The Bertz CT molecular complexity index is 314. The van der Waals surface area contributed by atoms with Gasteiger partial charge in [-0.1, -0.05) is 34.1 Å². The number of carboxylic acids is 2. The summed E-state index contributed by atoms with van der Waals surface area (Å²) < 4.78 is 0. The smallest absolute Gasteiger partial charge is 0.310 e. The molecule has 0 unspecified atom stereocenters. The van der Waals surface area contributed by atoms with E-state index in [1.807, 2.05) is 13.8 Å². The van der Waals surface area contributed by atoms with E-state index in [0.29, 0.717) is 19.3 Å². The molecule has 0 heterocycles. The Morgan fingerprint density at radius 2 is 1.35 bits per heavy atom. The van der Waals surface area contributed by atoms with Crippen molar-refractivity contribution in [3.63, 3.8) is 0 Å². The summed E-state index contributed by atoms with van der Waals surface area (Å²) >= 11 is 0. The summed E-state index contributed by atoms with van der Waals surface area (Å²) in [5.41, 5.74) is -0.930. The van der Waals surface area contributed by atoms with E-state index >= 15 is 0 Å². The predicted octanol–water partition coefficient (Wildman–Crippen LogP) is 4.33. The van der Waals surface area contributed by atoms with Crippen molar-refractivity contribution in [3.05, 3.63) is 0 Å². The second-order valence-electron chi connectivity index (χ2n) is 5.68. The summed E-state index contributed by atoms with van der Waals surface area (Å²) in [6.45, 7) is 8.03. The van der Waals surface area contributed by atoms with Gasteiger partial charge in [0.05, 0.1) is 5.41 Å². The quantitative estimate of drug-likeness (QED) is 0.554. The molecular weight excluding hydrogens is 256 g/mol. The Morgan fingerprint density at radius 3 is 1.65 bits per heavy atom. The zero-order chi connectivity index (χ0) is 15.8. The number of carbonyl (C=O) groups is 2. The Balaban J connectivity index is 5.14. The molecule has 0 aromatic carbocycles. The van der Waals surface area contributed by atoms with Gasteiger partial charge < -0.3 is 10.2 Å². The third-order valence-corrected chi connectivity index (χ3v) is 5.28. The van der Waals surface area contributed by atoms with Gasteiger partial charge in [-0.2, -0.15) is 0 Å². The van der Waals surface area contributed by atoms with Crippen LogP contribution in [-0.2, 0) is 9.59 Å². The van der Waals surface area contributed by atoms with Gasteiger partial charge in [0, 0.05) is 6.42 Å². The van der Waals surface area contributed by atoms with Crippen molar-refractivity contribution >= 4 is 11.9 Å². The number of hydrogen-bond donors (Lipinski definition) is 2. The molecule has 118 valence electrons. The third-order valence-electron chi connectivity index (χ3n) is 5.28. The molecule has 4 heteroatoms. The van der Waals surface area contributed by atoms with Gasteiger partial charge in [0.2, 0.25) is 0 Å². The SMILES string of the molecule is CCC(CC)(CCCCC(=O)O)C(CC)(CC)C(=O)O. The molecular formula is C16H30O4. The maximum atomic E-state index is 11.9. The fourth-order valence-corrected chi connectivity index (χ4v) is 3.79. The van der Waals surface area contributed by atoms with Crippen molar-refractivity contribution in [2.45, 2.75) is 79.1 Å². The molecule has 0 aliphatic heterocycles. The van der Waals surface area contributed by atoms with Gasteiger partial charge in [-0.15, -0.1) is 0 Å². The average molecular weight is 286 g/mol. The van der Waals surface area contributed by atoms with E-state index in [2.05, 4.69) is 13.8 Å². The minimum atomic E-state index is -0.779. The maximum Gasteiger partial charge on any atom is 0.310 e. The summed E-state index contributed by atoms with van der Waals surface area (Å²) in [6, 6.07) is 0. The summed E-state index contributed by atoms with van der Waals surface area (Å²) in [6.07, 6.45) is 5.26.